The minimum absolute atomic E-state index is 0.183. The van der Waals surface area contributed by atoms with Crippen LogP contribution >= 0.6 is 0 Å². The fraction of sp³-hybridized carbons (Fsp3) is 0.800. The van der Waals surface area contributed by atoms with Gasteiger partial charge in [0.05, 0.1) is 0 Å². The quantitative estimate of drug-likeness (QED) is 0.827. The van der Waals surface area contributed by atoms with E-state index in [0.29, 0.717) is 0 Å². The van der Waals surface area contributed by atoms with Crippen molar-refractivity contribution in [3.63, 3.8) is 0 Å². The monoisotopic (exact) mass is 284 g/mol. The van der Waals surface area contributed by atoms with Crippen molar-refractivity contribution in [2.75, 3.05) is 13.2 Å². The van der Waals surface area contributed by atoms with Gasteiger partial charge < -0.3 is 10.1 Å². The van der Waals surface area contributed by atoms with Gasteiger partial charge in [-0.3, -0.25) is 9.63 Å². The molecule has 0 bridgehead atoms. The van der Waals surface area contributed by atoms with Gasteiger partial charge in [0.1, 0.15) is 24.8 Å². The fourth-order valence-corrected chi connectivity index (χ4v) is 1.31. The van der Waals surface area contributed by atoms with Crippen LogP contribution in [-0.4, -0.2) is 48.0 Å². The lowest BCUT2D eigenvalue weighted by molar-refractivity contribution is -0.214. The lowest BCUT2D eigenvalue weighted by Crippen LogP contribution is -2.46. The third-order valence-corrected chi connectivity index (χ3v) is 1.95. The number of hydrogen-bond donors (Lipinski definition) is 1. The average molecular weight is 284 g/mol. The van der Waals surface area contributed by atoms with Crippen molar-refractivity contribution in [1.82, 2.24) is 10.4 Å². The second kappa shape index (κ2) is 5.24. The zero-order valence-corrected chi connectivity index (χ0v) is 10.7. The number of carbonyl (C=O) groups excluding carboxylic acids is 2. The van der Waals surface area contributed by atoms with Crippen LogP contribution in [0.15, 0.2) is 0 Å². The molecule has 0 radical (unpaired) electrons. The molecule has 19 heavy (non-hydrogen) atoms. The molecule has 0 aromatic carbocycles. The Bertz CT molecular complexity index is 365. The van der Waals surface area contributed by atoms with Crippen molar-refractivity contribution in [3.8, 4) is 0 Å². The van der Waals surface area contributed by atoms with Gasteiger partial charge in [0, 0.05) is 0 Å². The van der Waals surface area contributed by atoms with E-state index in [9.17, 15) is 22.8 Å². The van der Waals surface area contributed by atoms with Crippen molar-refractivity contribution in [2.24, 2.45) is 0 Å². The maximum Gasteiger partial charge on any atom is 0.408 e. The third-order valence-electron chi connectivity index (χ3n) is 1.95. The lowest BCUT2D eigenvalue weighted by Gasteiger charge is -2.21. The summed E-state index contributed by atoms with van der Waals surface area (Å²) < 4.78 is 41.2. The van der Waals surface area contributed by atoms with Crippen LogP contribution in [0, 0.1) is 0 Å². The predicted molar refractivity (Wildman–Crippen MR) is 56.9 cm³/mol. The molecular formula is C10H15F3N2O4. The molecule has 1 atom stereocenters. The molecule has 110 valence electrons. The number of amides is 2. The second-order valence-electron chi connectivity index (χ2n) is 4.98. The number of halogens is 3. The summed E-state index contributed by atoms with van der Waals surface area (Å²) in [6.07, 6.45) is -5.44. The Kier molecular flexibility index (Phi) is 4.28. The van der Waals surface area contributed by atoms with Crippen LogP contribution in [0.5, 0.6) is 0 Å². The van der Waals surface area contributed by atoms with Gasteiger partial charge in [0.15, 0.2) is 0 Å². The molecule has 1 fully saturated rings. The molecule has 0 aliphatic carbocycles. The van der Waals surface area contributed by atoms with E-state index in [2.05, 4.69) is 10.2 Å². The standard InChI is InChI=1S/C10H15F3N2O4/c1-9(2,3)19-8(17)14-6-4-18-15(7(6)16)5-10(11,12)13/h6H,4-5H2,1-3H3,(H,14,17). The first-order valence-electron chi connectivity index (χ1n) is 5.48. The van der Waals surface area contributed by atoms with E-state index in [-0.39, 0.29) is 11.7 Å². The molecule has 1 rings (SSSR count). The Morgan fingerprint density at radius 3 is 2.53 bits per heavy atom. The number of alkyl halides is 3. The third kappa shape index (κ3) is 5.33. The molecule has 2 amide bonds. The van der Waals surface area contributed by atoms with Crippen LogP contribution < -0.4 is 5.32 Å². The van der Waals surface area contributed by atoms with E-state index < -0.39 is 36.4 Å². The molecule has 1 aliphatic heterocycles. The Balaban J connectivity index is 2.50. The van der Waals surface area contributed by atoms with E-state index in [0.717, 1.165) is 0 Å². The van der Waals surface area contributed by atoms with Gasteiger partial charge in [-0.2, -0.15) is 13.2 Å². The van der Waals surface area contributed by atoms with Crippen molar-refractivity contribution in [3.05, 3.63) is 0 Å². The van der Waals surface area contributed by atoms with E-state index in [1.165, 1.54) is 0 Å². The van der Waals surface area contributed by atoms with E-state index in [1.807, 2.05) is 0 Å². The van der Waals surface area contributed by atoms with Crippen LogP contribution in [0.4, 0.5) is 18.0 Å². The van der Waals surface area contributed by atoms with Crippen molar-refractivity contribution >= 4 is 12.0 Å². The first-order valence-corrected chi connectivity index (χ1v) is 5.48. The molecule has 1 heterocycles. The van der Waals surface area contributed by atoms with Gasteiger partial charge in [0.2, 0.25) is 0 Å². The highest BCUT2D eigenvalue weighted by Gasteiger charge is 2.41. The molecule has 9 heteroatoms. The van der Waals surface area contributed by atoms with Gasteiger partial charge in [-0.25, -0.2) is 9.86 Å². The predicted octanol–water partition coefficient (Wildman–Crippen LogP) is 1.22. The summed E-state index contributed by atoms with van der Waals surface area (Å²) in [5.74, 6) is -0.955. The van der Waals surface area contributed by atoms with Crippen LogP contribution in [0.25, 0.3) is 0 Å². The molecule has 6 nitrogen and oxygen atoms in total. The Morgan fingerprint density at radius 1 is 1.47 bits per heavy atom. The fourth-order valence-electron chi connectivity index (χ4n) is 1.31. The number of rotatable bonds is 2. The largest absolute Gasteiger partial charge is 0.444 e. The van der Waals surface area contributed by atoms with Crippen molar-refractivity contribution < 1.29 is 32.3 Å². The lowest BCUT2D eigenvalue weighted by atomic mass is 10.2. The zero-order chi connectivity index (χ0) is 14.8. The summed E-state index contributed by atoms with van der Waals surface area (Å²) >= 11 is 0. The highest BCUT2D eigenvalue weighted by atomic mass is 19.4. The van der Waals surface area contributed by atoms with Crippen LogP contribution in [0.2, 0.25) is 0 Å². The molecule has 1 saturated heterocycles. The SMILES string of the molecule is CC(C)(C)OC(=O)NC1CON(CC(F)(F)F)C1=O. The number of ether oxygens (including phenoxy) is 1. The normalized spacial score (nSPS) is 20.6. The molecule has 0 aromatic heterocycles. The van der Waals surface area contributed by atoms with Gasteiger partial charge in [-0.15, -0.1) is 0 Å². The van der Waals surface area contributed by atoms with Crippen LogP contribution in [-0.2, 0) is 14.4 Å². The van der Waals surface area contributed by atoms with Crippen molar-refractivity contribution in [1.29, 1.82) is 0 Å². The molecular weight excluding hydrogens is 269 g/mol. The number of carbonyl (C=O) groups is 2. The van der Waals surface area contributed by atoms with Gasteiger partial charge in [0.25, 0.3) is 5.91 Å². The topological polar surface area (TPSA) is 67.9 Å². The summed E-state index contributed by atoms with van der Waals surface area (Å²) in [6.45, 7) is 2.99. The van der Waals surface area contributed by atoms with Crippen LogP contribution in [0.3, 0.4) is 0 Å². The Hall–Kier alpha value is -1.51. The molecule has 1 aliphatic rings. The number of nitrogens with zero attached hydrogens (tertiary/aromatic N) is 1. The summed E-state index contributed by atoms with van der Waals surface area (Å²) in [4.78, 5) is 27.5. The van der Waals surface area contributed by atoms with Gasteiger partial charge in [-0.05, 0) is 20.8 Å². The van der Waals surface area contributed by atoms with E-state index in [1.54, 1.807) is 20.8 Å². The number of hydroxylamine groups is 2. The van der Waals surface area contributed by atoms with Gasteiger partial charge in [-0.1, -0.05) is 0 Å². The summed E-state index contributed by atoms with van der Waals surface area (Å²) in [6, 6.07) is -1.17. The van der Waals surface area contributed by atoms with Crippen LogP contribution in [0.1, 0.15) is 20.8 Å². The minimum atomic E-state index is -4.56. The first-order chi connectivity index (χ1) is 8.48. The van der Waals surface area contributed by atoms with E-state index >= 15 is 0 Å². The summed E-state index contributed by atoms with van der Waals surface area (Å²) in [5, 5.41) is 2.34. The molecule has 0 aromatic rings. The average Bonchev–Trinajstić information content (AvgIpc) is 2.44. The molecule has 0 saturated carbocycles. The minimum Gasteiger partial charge on any atom is -0.444 e. The first kappa shape index (κ1) is 15.5. The van der Waals surface area contributed by atoms with Crippen molar-refractivity contribution in [2.45, 2.75) is 38.6 Å². The van der Waals surface area contributed by atoms with E-state index in [4.69, 9.17) is 4.74 Å². The number of hydrogen-bond acceptors (Lipinski definition) is 4. The maximum absolute atomic E-state index is 12.1. The maximum atomic E-state index is 12.1. The molecule has 1 N–H and O–H groups in total. The zero-order valence-electron chi connectivity index (χ0n) is 10.7. The number of nitrogens with one attached hydrogen (secondary N) is 1. The second-order valence-corrected chi connectivity index (χ2v) is 4.98. The Labute approximate surface area is 107 Å². The molecule has 0 spiro atoms. The smallest absolute Gasteiger partial charge is 0.408 e. The highest BCUT2D eigenvalue weighted by molar-refractivity contribution is 5.86. The summed E-state index contributed by atoms with van der Waals surface area (Å²) in [5.41, 5.74) is -0.766. The number of alkyl carbamates (subject to hydrolysis) is 1. The molecule has 1 unspecified atom stereocenters. The highest BCUT2D eigenvalue weighted by Crippen LogP contribution is 2.20. The van der Waals surface area contributed by atoms with Gasteiger partial charge >= 0.3 is 12.3 Å². The Morgan fingerprint density at radius 2 is 2.05 bits per heavy atom. The summed E-state index contributed by atoms with van der Waals surface area (Å²) in [7, 11) is 0.